The molecule has 0 bridgehead atoms. The second kappa shape index (κ2) is 10.4. The summed E-state index contributed by atoms with van der Waals surface area (Å²) in [6, 6.07) is 11.5. The minimum Gasteiger partial charge on any atom is -0.425 e. The molecule has 5 rings (SSSR count). The van der Waals surface area contributed by atoms with Gasteiger partial charge < -0.3 is 15.4 Å². The van der Waals surface area contributed by atoms with Gasteiger partial charge in [-0.15, -0.1) is 0 Å². The molecule has 0 unspecified atom stereocenters. The van der Waals surface area contributed by atoms with E-state index in [1.54, 1.807) is 30.5 Å². The largest absolute Gasteiger partial charge is 0.425 e. The maximum atomic E-state index is 13.1. The zero-order valence-corrected chi connectivity index (χ0v) is 23.0. The predicted molar refractivity (Wildman–Crippen MR) is 150 cm³/mol. The van der Waals surface area contributed by atoms with E-state index in [1.165, 1.54) is 19.1 Å². The van der Waals surface area contributed by atoms with Gasteiger partial charge in [-0.25, -0.2) is 9.97 Å². The van der Waals surface area contributed by atoms with Gasteiger partial charge in [-0.2, -0.15) is 13.2 Å². The van der Waals surface area contributed by atoms with Crippen LogP contribution in [0.4, 0.5) is 24.8 Å². The molecule has 39 heavy (non-hydrogen) atoms. The average Bonchev–Trinajstić information content (AvgIpc) is 3.70. The normalized spacial score (nSPS) is 13.3. The van der Waals surface area contributed by atoms with E-state index < -0.39 is 23.6 Å². The fourth-order valence-electron chi connectivity index (χ4n) is 4.07. The third-order valence-electron chi connectivity index (χ3n) is 6.16. The van der Waals surface area contributed by atoms with E-state index in [0.29, 0.717) is 43.3 Å². The summed E-state index contributed by atoms with van der Waals surface area (Å²) in [6.45, 7) is 3.15. The van der Waals surface area contributed by atoms with Crippen LogP contribution in [0.2, 0.25) is 0 Å². The Morgan fingerprint density at radius 1 is 1.08 bits per heavy atom. The number of halogens is 4. The highest BCUT2D eigenvalue weighted by molar-refractivity contribution is 14.1. The molecule has 0 radical (unpaired) electrons. The van der Waals surface area contributed by atoms with Crippen molar-refractivity contribution < 1.29 is 27.5 Å². The summed E-state index contributed by atoms with van der Waals surface area (Å²) < 4.78 is 45.6. The monoisotopic (exact) mass is 646 g/mol. The molecule has 0 saturated heterocycles. The molecule has 2 N–H and O–H groups in total. The lowest BCUT2D eigenvalue weighted by atomic mass is 9.96. The van der Waals surface area contributed by atoms with Crippen LogP contribution in [0.3, 0.4) is 0 Å². The summed E-state index contributed by atoms with van der Waals surface area (Å²) in [7, 11) is 0. The topological polar surface area (TPSA) is 93.2 Å². The first-order chi connectivity index (χ1) is 18.5. The Morgan fingerprint density at radius 3 is 2.54 bits per heavy atom. The second-order valence-corrected chi connectivity index (χ2v) is 10.4. The number of rotatable bonds is 6. The third-order valence-corrected chi connectivity index (χ3v) is 7.16. The molecule has 200 valence electrons. The molecule has 1 fully saturated rings. The third kappa shape index (κ3) is 5.97. The maximum Gasteiger partial charge on any atom is 0.416 e. The smallest absolute Gasteiger partial charge is 0.416 e. The number of carbonyl (C=O) groups is 2. The van der Waals surface area contributed by atoms with Gasteiger partial charge in [-0.1, -0.05) is 12.1 Å². The number of benzene rings is 3. The molecular weight excluding hydrogens is 624 g/mol. The number of nitrogens with one attached hydrogen (secondary N) is 2. The van der Waals surface area contributed by atoms with E-state index in [1.807, 2.05) is 6.92 Å². The molecule has 1 heterocycles. The number of amides is 1. The molecule has 3 aromatic carbocycles. The summed E-state index contributed by atoms with van der Waals surface area (Å²) in [4.78, 5) is 34.1. The number of hydrogen-bond donors (Lipinski definition) is 2. The maximum absolute atomic E-state index is 13.1. The van der Waals surface area contributed by atoms with Gasteiger partial charge in [0.15, 0.2) is 5.75 Å². The van der Waals surface area contributed by atoms with Crippen molar-refractivity contribution in [2.75, 3.05) is 10.6 Å². The van der Waals surface area contributed by atoms with Crippen LogP contribution in [-0.2, 0) is 11.0 Å². The highest BCUT2D eigenvalue weighted by Crippen LogP contribution is 2.41. The van der Waals surface area contributed by atoms with Crippen LogP contribution >= 0.6 is 22.6 Å². The number of nitrogens with zero attached hydrogens (tertiary/aromatic N) is 2. The number of aryl methyl sites for hydroxylation is 1. The van der Waals surface area contributed by atoms with Crippen molar-refractivity contribution in [3.05, 3.63) is 75.0 Å². The number of esters is 1. The number of aromatic nitrogens is 2. The molecule has 0 aliphatic heterocycles. The Labute approximate surface area is 235 Å². The van der Waals surface area contributed by atoms with Crippen LogP contribution in [0.15, 0.2) is 54.7 Å². The van der Waals surface area contributed by atoms with Gasteiger partial charge in [0.25, 0.3) is 5.91 Å². The number of hydrogen-bond acceptors (Lipinski definition) is 6. The van der Waals surface area contributed by atoms with Crippen molar-refractivity contribution in [1.29, 1.82) is 0 Å². The Bertz CT molecular complexity index is 1620. The minimum atomic E-state index is -4.53. The lowest BCUT2D eigenvalue weighted by Gasteiger charge is -2.17. The summed E-state index contributed by atoms with van der Waals surface area (Å²) >= 11 is 2.08. The predicted octanol–water partition coefficient (Wildman–Crippen LogP) is 6.98. The van der Waals surface area contributed by atoms with Crippen molar-refractivity contribution in [2.24, 2.45) is 0 Å². The Balaban J connectivity index is 1.55. The van der Waals surface area contributed by atoms with E-state index in [2.05, 4.69) is 43.2 Å². The Hall–Kier alpha value is -3.74. The highest BCUT2D eigenvalue weighted by Gasteiger charge is 2.30. The van der Waals surface area contributed by atoms with E-state index in [0.717, 1.165) is 30.5 Å². The molecule has 1 amide bonds. The van der Waals surface area contributed by atoms with Crippen molar-refractivity contribution in [2.45, 2.75) is 38.9 Å². The summed E-state index contributed by atoms with van der Waals surface area (Å²) in [5.74, 6) is -0.312. The minimum absolute atomic E-state index is 0.0190. The number of ether oxygens (including phenoxy) is 1. The molecular formula is C28H22F3IN4O3. The van der Waals surface area contributed by atoms with Gasteiger partial charge in [0.2, 0.25) is 5.95 Å². The van der Waals surface area contributed by atoms with Gasteiger partial charge in [0.1, 0.15) is 0 Å². The molecule has 0 spiro atoms. The average molecular weight is 646 g/mol. The molecule has 1 aliphatic rings. The lowest BCUT2D eigenvalue weighted by Crippen LogP contribution is -2.13. The van der Waals surface area contributed by atoms with Crippen LogP contribution in [-0.4, -0.2) is 27.9 Å². The first kappa shape index (κ1) is 26.9. The van der Waals surface area contributed by atoms with Crippen molar-refractivity contribution in [3.8, 4) is 16.9 Å². The lowest BCUT2D eigenvalue weighted by molar-refractivity contribution is -0.137. The standard InChI is InChI=1S/C28H22F3IN4O3/c1-14-6-7-16(26(38)34-20-5-3-4-18(12-20)28(29,30)31)10-21(14)22-11-17-13-33-27(35-19-8-9-19)36-24(17)23(32)25(22)39-15(2)37/h3-7,10-13,19H,8-9H2,1-2H3,(H,34,38)(H,33,35,36). The van der Waals surface area contributed by atoms with E-state index in [-0.39, 0.29) is 11.3 Å². The molecule has 7 nitrogen and oxygen atoms in total. The molecule has 1 aromatic heterocycles. The summed E-state index contributed by atoms with van der Waals surface area (Å²) in [5.41, 5.74) is 1.96. The number of carbonyl (C=O) groups excluding carboxylic acids is 2. The van der Waals surface area contributed by atoms with Crippen molar-refractivity contribution in [3.63, 3.8) is 0 Å². The Kier molecular flexibility index (Phi) is 7.19. The van der Waals surface area contributed by atoms with E-state index >= 15 is 0 Å². The van der Waals surface area contributed by atoms with Crippen molar-refractivity contribution >= 4 is 57.0 Å². The Morgan fingerprint density at radius 2 is 1.85 bits per heavy atom. The molecule has 4 aromatic rings. The number of fused-ring (bicyclic) bond motifs is 1. The van der Waals surface area contributed by atoms with Crippen LogP contribution in [0.5, 0.6) is 5.75 Å². The zero-order valence-electron chi connectivity index (χ0n) is 20.8. The SMILES string of the molecule is CC(=O)Oc1c(-c2cc(C(=O)Nc3cccc(C(F)(F)F)c3)ccc2C)cc2cnc(NC3CC3)nc2c1I. The summed E-state index contributed by atoms with van der Waals surface area (Å²) in [6.07, 6.45) is -0.716. The number of anilines is 2. The van der Waals surface area contributed by atoms with Crippen LogP contribution in [0.25, 0.3) is 22.0 Å². The van der Waals surface area contributed by atoms with Crippen LogP contribution in [0, 0.1) is 10.5 Å². The first-order valence-corrected chi connectivity index (χ1v) is 13.1. The van der Waals surface area contributed by atoms with E-state index in [9.17, 15) is 22.8 Å². The highest BCUT2D eigenvalue weighted by atomic mass is 127. The van der Waals surface area contributed by atoms with Gasteiger partial charge in [0.05, 0.1) is 14.7 Å². The second-order valence-electron chi connectivity index (χ2n) is 9.27. The van der Waals surface area contributed by atoms with Crippen molar-refractivity contribution in [1.82, 2.24) is 9.97 Å². The summed E-state index contributed by atoms with van der Waals surface area (Å²) in [5, 5.41) is 6.51. The molecule has 11 heteroatoms. The zero-order chi connectivity index (χ0) is 27.9. The van der Waals surface area contributed by atoms with Gasteiger partial charge in [-0.05, 0) is 89.9 Å². The van der Waals surface area contributed by atoms with Gasteiger partial charge in [0, 0.05) is 41.4 Å². The fourth-order valence-corrected chi connectivity index (χ4v) is 4.91. The molecule has 1 saturated carbocycles. The van der Waals surface area contributed by atoms with E-state index in [4.69, 9.17) is 4.74 Å². The first-order valence-electron chi connectivity index (χ1n) is 12.0. The van der Waals surface area contributed by atoms with Crippen LogP contribution < -0.4 is 15.4 Å². The molecule has 0 atom stereocenters. The van der Waals surface area contributed by atoms with Crippen LogP contribution in [0.1, 0.15) is 41.3 Å². The van der Waals surface area contributed by atoms with Gasteiger partial charge >= 0.3 is 12.1 Å². The van der Waals surface area contributed by atoms with Gasteiger partial charge in [-0.3, -0.25) is 9.59 Å². The number of alkyl halides is 3. The quantitative estimate of drug-likeness (QED) is 0.134. The fraction of sp³-hybridized carbons (Fsp3) is 0.214. The molecule has 1 aliphatic carbocycles.